The zero-order valence-corrected chi connectivity index (χ0v) is 5.43. The van der Waals surface area contributed by atoms with Gasteiger partial charge in [0.05, 0.1) is 26.4 Å². The monoisotopic (exact) mass is 195 g/mol. The second-order valence-corrected chi connectivity index (χ2v) is 1.22. The van der Waals surface area contributed by atoms with Gasteiger partial charge in [-0.15, -0.1) is 0 Å². The van der Waals surface area contributed by atoms with Crippen LogP contribution < -0.4 is 0 Å². The summed E-state index contributed by atoms with van der Waals surface area (Å²) in [6.45, 7) is 3.11. The van der Waals surface area contributed by atoms with Crippen LogP contribution in [-0.2, 0) is 31.9 Å². The molecule has 0 spiro atoms. The van der Waals surface area contributed by atoms with Crippen LogP contribution >= 0.6 is 0 Å². The van der Waals surface area contributed by atoms with Crippen molar-refractivity contribution < 1.29 is 31.9 Å². The maximum absolute atomic E-state index is 4.94. The molecule has 0 aromatic heterocycles. The Balaban J connectivity index is 0.000000360. The number of hydrogen-bond donors (Lipinski definition) is 0. The van der Waals surface area contributed by atoms with Crippen molar-refractivity contribution in [2.45, 2.75) is 0 Å². The summed E-state index contributed by atoms with van der Waals surface area (Å²) in [6, 6.07) is 0. The molecule has 0 N–H and O–H groups in total. The van der Waals surface area contributed by atoms with Crippen LogP contribution in [-0.4, -0.2) is 26.4 Å². The largest absolute Gasteiger partial charge is 0.377 e. The molecule has 1 fully saturated rings. The quantitative estimate of drug-likeness (QED) is 0.509. The normalized spacial score (nSPS) is 20.6. The van der Waals surface area contributed by atoms with Gasteiger partial charge < -0.3 is 9.47 Å². The smallest absolute Gasteiger partial charge is 0.0701 e. The standard InChI is InChI=1S/C4H8O2.Ag/c1-2-6-4-3-5-1;/h1-4H2;. The van der Waals surface area contributed by atoms with E-state index in [4.69, 9.17) is 9.47 Å². The van der Waals surface area contributed by atoms with Crippen LogP contribution in [0.3, 0.4) is 0 Å². The molecule has 1 saturated heterocycles. The molecule has 1 rings (SSSR count). The number of ether oxygens (including phenoxy) is 2. The maximum Gasteiger partial charge on any atom is 0.0701 e. The Morgan fingerprint density at radius 3 is 1.14 bits per heavy atom. The SMILES string of the molecule is C1COCCO1.[Ag]. The van der Waals surface area contributed by atoms with Gasteiger partial charge in [0.2, 0.25) is 0 Å². The van der Waals surface area contributed by atoms with Crippen molar-refractivity contribution in [3.8, 4) is 0 Å². The van der Waals surface area contributed by atoms with E-state index in [1.807, 2.05) is 0 Å². The van der Waals surface area contributed by atoms with Gasteiger partial charge in [-0.3, -0.25) is 0 Å². The summed E-state index contributed by atoms with van der Waals surface area (Å²) < 4.78 is 9.89. The van der Waals surface area contributed by atoms with E-state index < -0.39 is 0 Å². The van der Waals surface area contributed by atoms with Crippen LogP contribution in [0.2, 0.25) is 0 Å². The molecule has 0 aliphatic carbocycles. The topological polar surface area (TPSA) is 18.5 Å². The van der Waals surface area contributed by atoms with Gasteiger partial charge in [0.15, 0.2) is 0 Å². The molecule has 0 aromatic carbocycles. The minimum Gasteiger partial charge on any atom is -0.377 e. The van der Waals surface area contributed by atoms with Crippen molar-refractivity contribution in [1.29, 1.82) is 0 Å². The van der Waals surface area contributed by atoms with E-state index in [1.165, 1.54) is 0 Å². The Morgan fingerprint density at radius 2 is 1.00 bits per heavy atom. The van der Waals surface area contributed by atoms with Crippen LogP contribution in [0.5, 0.6) is 0 Å². The molecular formula is C4H8AgO2. The van der Waals surface area contributed by atoms with E-state index in [0.717, 1.165) is 26.4 Å². The Labute approximate surface area is 58.7 Å². The predicted molar refractivity (Wildman–Crippen MR) is 21.6 cm³/mol. The second-order valence-electron chi connectivity index (χ2n) is 1.22. The molecule has 0 amide bonds. The fraction of sp³-hybridized carbons (Fsp3) is 1.00. The molecule has 2 nitrogen and oxygen atoms in total. The molecule has 1 radical (unpaired) electrons. The van der Waals surface area contributed by atoms with E-state index in [9.17, 15) is 0 Å². The van der Waals surface area contributed by atoms with Gasteiger partial charge in [-0.05, 0) is 0 Å². The zero-order valence-electron chi connectivity index (χ0n) is 3.95. The molecule has 3 heteroatoms. The maximum atomic E-state index is 4.94. The molecule has 1 aliphatic rings. The van der Waals surface area contributed by atoms with E-state index in [0.29, 0.717) is 0 Å². The van der Waals surface area contributed by atoms with Crippen molar-refractivity contribution in [2.75, 3.05) is 26.4 Å². The summed E-state index contributed by atoms with van der Waals surface area (Å²) in [7, 11) is 0. The summed E-state index contributed by atoms with van der Waals surface area (Å²) in [5.74, 6) is 0. The molecule has 0 saturated carbocycles. The van der Waals surface area contributed by atoms with Gasteiger partial charge >= 0.3 is 0 Å². The van der Waals surface area contributed by atoms with E-state index in [-0.39, 0.29) is 22.4 Å². The predicted octanol–water partition coefficient (Wildman–Crippen LogP) is 0.0307. The number of hydrogen-bond acceptors (Lipinski definition) is 2. The van der Waals surface area contributed by atoms with Gasteiger partial charge in [-0.1, -0.05) is 0 Å². The van der Waals surface area contributed by atoms with Gasteiger partial charge in [0, 0.05) is 22.4 Å². The van der Waals surface area contributed by atoms with E-state index in [2.05, 4.69) is 0 Å². The van der Waals surface area contributed by atoms with Crippen LogP contribution in [0.1, 0.15) is 0 Å². The third-order valence-corrected chi connectivity index (χ3v) is 0.744. The van der Waals surface area contributed by atoms with Crippen LogP contribution in [0.4, 0.5) is 0 Å². The van der Waals surface area contributed by atoms with Gasteiger partial charge in [0.1, 0.15) is 0 Å². The van der Waals surface area contributed by atoms with Crippen molar-refractivity contribution in [1.82, 2.24) is 0 Å². The second kappa shape index (κ2) is 4.81. The molecule has 47 valence electrons. The third kappa shape index (κ3) is 3.26. The van der Waals surface area contributed by atoms with Gasteiger partial charge in [-0.2, -0.15) is 0 Å². The van der Waals surface area contributed by atoms with E-state index >= 15 is 0 Å². The van der Waals surface area contributed by atoms with Crippen LogP contribution in [0, 0.1) is 0 Å². The van der Waals surface area contributed by atoms with Gasteiger partial charge in [0.25, 0.3) is 0 Å². The Hall–Kier alpha value is 0.660. The van der Waals surface area contributed by atoms with Crippen molar-refractivity contribution in [3.63, 3.8) is 0 Å². The summed E-state index contributed by atoms with van der Waals surface area (Å²) in [5, 5.41) is 0. The molecule has 1 heterocycles. The summed E-state index contributed by atoms with van der Waals surface area (Å²) in [4.78, 5) is 0. The first-order valence-electron chi connectivity index (χ1n) is 2.15. The van der Waals surface area contributed by atoms with Crippen molar-refractivity contribution >= 4 is 0 Å². The Kier molecular flexibility index (Phi) is 5.26. The van der Waals surface area contributed by atoms with Crippen LogP contribution in [0.25, 0.3) is 0 Å². The first-order chi connectivity index (χ1) is 3.00. The average molecular weight is 196 g/mol. The van der Waals surface area contributed by atoms with Crippen molar-refractivity contribution in [2.24, 2.45) is 0 Å². The molecule has 0 atom stereocenters. The summed E-state index contributed by atoms with van der Waals surface area (Å²) in [5.41, 5.74) is 0. The fourth-order valence-electron chi connectivity index (χ4n) is 0.440. The Morgan fingerprint density at radius 1 is 0.714 bits per heavy atom. The van der Waals surface area contributed by atoms with E-state index in [1.54, 1.807) is 0 Å². The summed E-state index contributed by atoms with van der Waals surface area (Å²) in [6.07, 6.45) is 0. The van der Waals surface area contributed by atoms with Crippen molar-refractivity contribution in [3.05, 3.63) is 0 Å². The molecule has 0 unspecified atom stereocenters. The summed E-state index contributed by atoms with van der Waals surface area (Å²) >= 11 is 0. The Bertz CT molecular complexity index is 25.2. The molecular weight excluding hydrogens is 188 g/mol. The van der Waals surface area contributed by atoms with Gasteiger partial charge in [-0.25, -0.2) is 0 Å². The van der Waals surface area contributed by atoms with Crippen LogP contribution in [0.15, 0.2) is 0 Å². The third-order valence-electron chi connectivity index (χ3n) is 0.744. The minimum atomic E-state index is 0. The average Bonchev–Trinajstić information content (AvgIpc) is 1.72. The zero-order chi connectivity index (χ0) is 4.24. The fourth-order valence-corrected chi connectivity index (χ4v) is 0.440. The first kappa shape index (κ1) is 7.66. The molecule has 0 bridgehead atoms. The first-order valence-corrected chi connectivity index (χ1v) is 2.15. The molecule has 0 aromatic rings. The molecule has 7 heavy (non-hydrogen) atoms. The number of rotatable bonds is 0. The minimum absolute atomic E-state index is 0. The molecule has 1 aliphatic heterocycles.